The summed E-state index contributed by atoms with van der Waals surface area (Å²) in [7, 11) is 0. The monoisotopic (exact) mass is 680 g/mol. The summed E-state index contributed by atoms with van der Waals surface area (Å²) in [6.45, 7) is 0. The number of hydrogen-bond acceptors (Lipinski definition) is 4. The molecular weight excluding hydrogens is 661 g/mol. The molecular formula is C27H21Br2F3N4O4. The predicted molar refractivity (Wildman–Crippen MR) is 154 cm³/mol. The maximum Gasteiger partial charge on any atom is 0.416 e. The zero-order valence-electron chi connectivity index (χ0n) is 20.3. The minimum Gasteiger partial charge on any atom is -0.506 e. The summed E-state index contributed by atoms with van der Waals surface area (Å²) in [5.41, 5.74) is 5.15. The molecule has 0 aliphatic rings. The summed E-state index contributed by atoms with van der Waals surface area (Å²) in [6, 6.07) is 21.0. The van der Waals surface area contributed by atoms with Crippen molar-refractivity contribution in [1.82, 2.24) is 0 Å². The molecule has 0 heterocycles. The van der Waals surface area contributed by atoms with Crippen molar-refractivity contribution in [3.63, 3.8) is 0 Å². The Hall–Kier alpha value is -4.23. The van der Waals surface area contributed by atoms with E-state index in [2.05, 4.69) is 42.5 Å². The highest BCUT2D eigenvalue weighted by atomic mass is 79.9. The Morgan fingerprint density at radius 1 is 0.725 bits per heavy atom. The van der Waals surface area contributed by atoms with E-state index in [9.17, 15) is 33.0 Å². The highest BCUT2D eigenvalue weighted by Crippen LogP contribution is 2.40. The maximum absolute atomic E-state index is 12.8. The molecule has 6 N–H and O–H groups in total. The Morgan fingerprint density at radius 3 is 1.85 bits per heavy atom. The molecule has 4 amide bonds. The molecule has 4 rings (SSSR count). The summed E-state index contributed by atoms with van der Waals surface area (Å²) >= 11 is 6.52. The fourth-order valence-corrected chi connectivity index (χ4v) is 4.14. The lowest BCUT2D eigenvalue weighted by Crippen LogP contribution is -2.32. The number of phenolic OH excluding ortho intramolecular Hbond substituents is 2. The Bertz CT molecular complexity index is 1470. The van der Waals surface area contributed by atoms with Gasteiger partial charge in [0.25, 0.3) is 0 Å². The predicted octanol–water partition coefficient (Wildman–Crippen LogP) is 8.19. The topological polar surface area (TPSA) is 128 Å². The van der Waals surface area contributed by atoms with Crippen molar-refractivity contribution < 1.29 is 33.0 Å². The van der Waals surface area contributed by atoms with Crippen LogP contribution in [0.25, 0.3) is 0 Å². The summed E-state index contributed by atoms with van der Waals surface area (Å²) in [5.74, 6) is -0.470. The van der Waals surface area contributed by atoms with Crippen LogP contribution in [0.4, 0.5) is 45.5 Å². The highest BCUT2D eigenvalue weighted by molar-refractivity contribution is 9.11. The second-order valence-electron chi connectivity index (χ2n) is 7.90. The van der Waals surface area contributed by atoms with Crippen molar-refractivity contribution in [2.75, 3.05) is 15.5 Å². The number of nitrogens with zero attached hydrogens (tertiary/aromatic N) is 1. The molecule has 0 atom stereocenters. The number of carbonyl (C=O) groups is 2. The molecule has 4 aromatic carbocycles. The van der Waals surface area contributed by atoms with Crippen LogP contribution in [0.3, 0.4) is 0 Å². The van der Waals surface area contributed by atoms with E-state index in [1.807, 2.05) is 18.2 Å². The van der Waals surface area contributed by atoms with Gasteiger partial charge in [-0.3, -0.25) is 4.90 Å². The van der Waals surface area contributed by atoms with Crippen molar-refractivity contribution in [2.24, 2.45) is 5.73 Å². The van der Waals surface area contributed by atoms with Crippen LogP contribution in [-0.4, -0.2) is 22.3 Å². The quantitative estimate of drug-likeness (QED) is 0.139. The van der Waals surface area contributed by atoms with Gasteiger partial charge < -0.3 is 26.6 Å². The van der Waals surface area contributed by atoms with E-state index in [4.69, 9.17) is 5.73 Å². The first kappa shape index (κ1) is 30.3. The number of rotatable bonds is 4. The molecule has 0 saturated carbocycles. The number of carbonyl (C=O) groups excluding carboxylic acids is 2. The van der Waals surface area contributed by atoms with E-state index in [-0.39, 0.29) is 17.1 Å². The molecule has 13 heteroatoms. The van der Waals surface area contributed by atoms with E-state index in [0.29, 0.717) is 21.9 Å². The van der Waals surface area contributed by atoms with Gasteiger partial charge in [0.05, 0.1) is 28.3 Å². The van der Waals surface area contributed by atoms with Crippen molar-refractivity contribution in [3.8, 4) is 11.5 Å². The van der Waals surface area contributed by atoms with Crippen LogP contribution in [0.2, 0.25) is 0 Å². The van der Waals surface area contributed by atoms with Crippen LogP contribution in [0.5, 0.6) is 11.5 Å². The van der Waals surface area contributed by atoms with Gasteiger partial charge in [-0.1, -0.05) is 36.4 Å². The van der Waals surface area contributed by atoms with E-state index in [0.717, 1.165) is 21.5 Å². The Balaban J connectivity index is 0.000000225. The lowest BCUT2D eigenvalue weighted by molar-refractivity contribution is -0.137. The third-order valence-electron chi connectivity index (χ3n) is 5.13. The number of primary amides is 1. The van der Waals surface area contributed by atoms with Gasteiger partial charge in [-0.25, -0.2) is 9.59 Å². The number of urea groups is 2. The molecule has 0 bridgehead atoms. The number of alkyl halides is 3. The molecule has 0 unspecified atom stereocenters. The number of benzene rings is 4. The van der Waals surface area contributed by atoms with Gasteiger partial charge in [0.15, 0.2) is 0 Å². The average molecular weight is 682 g/mol. The van der Waals surface area contributed by atoms with Crippen LogP contribution >= 0.6 is 31.9 Å². The van der Waals surface area contributed by atoms with Gasteiger partial charge in [-0.15, -0.1) is 0 Å². The Kier molecular flexibility index (Phi) is 10.0. The lowest BCUT2D eigenvalue weighted by Gasteiger charge is -2.23. The highest BCUT2D eigenvalue weighted by Gasteiger charge is 2.32. The molecule has 0 aliphatic heterocycles. The zero-order chi connectivity index (χ0) is 29.4. The second kappa shape index (κ2) is 13.2. The van der Waals surface area contributed by atoms with E-state index < -0.39 is 29.6 Å². The lowest BCUT2D eigenvalue weighted by atomic mass is 10.1. The summed E-state index contributed by atoms with van der Waals surface area (Å²) in [4.78, 5) is 24.2. The van der Waals surface area contributed by atoms with Gasteiger partial charge in [-0.05, 0) is 86.5 Å². The molecule has 0 aliphatic carbocycles. The normalized spacial score (nSPS) is 10.6. The first-order valence-electron chi connectivity index (χ1n) is 11.2. The summed E-state index contributed by atoms with van der Waals surface area (Å²) in [5, 5.41) is 24.6. The number of aromatic hydroxyl groups is 2. The number of halogens is 5. The first-order chi connectivity index (χ1) is 18.9. The van der Waals surface area contributed by atoms with Gasteiger partial charge in [0, 0.05) is 8.95 Å². The van der Waals surface area contributed by atoms with Crippen molar-refractivity contribution in [1.29, 1.82) is 0 Å². The fraction of sp³-hybridized carbons (Fsp3) is 0.0370. The minimum atomic E-state index is -4.61. The zero-order valence-corrected chi connectivity index (χ0v) is 23.5. The average Bonchev–Trinajstić information content (AvgIpc) is 2.89. The molecule has 0 aromatic heterocycles. The third-order valence-corrected chi connectivity index (χ3v) is 6.49. The second-order valence-corrected chi connectivity index (χ2v) is 9.61. The summed E-state index contributed by atoms with van der Waals surface area (Å²) < 4.78 is 39.7. The number of nitrogens with one attached hydrogen (secondary N) is 2. The minimum absolute atomic E-state index is 0.0276. The molecule has 4 aromatic rings. The van der Waals surface area contributed by atoms with Gasteiger partial charge in [-0.2, -0.15) is 13.2 Å². The largest absolute Gasteiger partial charge is 0.506 e. The summed E-state index contributed by atoms with van der Waals surface area (Å²) in [6.07, 6.45) is -4.61. The Morgan fingerprint density at radius 2 is 1.27 bits per heavy atom. The number of anilines is 4. The fourth-order valence-electron chi connectivity index (χ4n) is 3.30. The molecule has 0 radical (unpaired) electrons. The number of nitrogens with two attached hydrogens (primary N) is 1. The van der Waals surface area contributed by atoms with E-state index in [1.54, 1.807) is 42.5 Å². The molecule has 40 heavy (non-hydrogen) atoms. The standard InChI is InChI=1S/C14H10BrF3N2O2.C13H11BrN2O2/c15-9-3-1-2-4-10(9)20(13(19)22)11-7-8(14(16,17)18)5-6-12(11)21;14-9-5-1-2-6-10(9)15-13(18)16-11-7-3-4-8-12(11)17/h1-7,21H,(H2,19,22);1-8,17H,(H2,15,16,18). The molecule has 0 spiro atoms. The molecule has 8 nitrogen and oxygen atoms in total. The number of amides is 4. The van der Waals surface area contributed by atoms with Crippen molar-refractivity contribution >= 4 is 66.7 Å². The van der Waals surface area contributed by atoms with Gasteiger partial charge in [0.1, 0.15) is 11.5 Å². The van der Waals surface area contributed by atoms with Crippen LogP contribution in [0, 0.1) is 0 Å². The third kappa shape index (κ3) is 7.90. The molecule has 208 valence electrons. The van der Waals surface area contributed by atoms with Gasteiger partial charge in [0.2, 0.25) is 0 Å². The molecule has 0 fully saturated rings. The van der Waals surface area contributed by atoms with Crippen LogP contribution in [0.1, 0.15) is 5.56 Å². The number of phenols is 2. The first-order valence-corrected chi connectivity index (χ1v) is 12.8. The van der Waals surface area contributed by atoms with Gasteiger partial charge >= 0.3 is 18.2 Å². The van der Waals surface area contributed by atoms with E-state index in [1.165, 1.54) is 12.1 Å². The van der Waals surface area contributed by atoms with Crippen LogP contribution in [-0.2, 0) is 6.18 Å². The van der Waals surface area contributed by atoms with E-state index >= 15 is 0 Å². The van der Waals surface area contributed by atoms with Crippen molar-refractivity contribution in [2.45, 2.75) is 6.18 Å². The number of para-hydroxylation sites is 4. The Labute approximate surface area is 243 Å². The number of hydrogen-bond donors (Lipinski definition) is 5. The van der Waals surface area contributed by atoms with Crippen molar-refractivity contribution in [3.05, 3.63) is 106 Å². The smallest absolute Gasteiger partial charge is 0.416 e. The van der Waals surface area contributed by atoms with Crippen LogP contribution < -0.4 is 21.3 Å². The SMILES string of the molecule is NC(=O)N(c1cc(C(F)(F)F)ccc1O)c1ccccc1Br.O=C(Nc1ccccc1O)Nc1ccccc1Br. The van der Waals surface area contributed by atoms with Crippen LogP contribution in [0.15, 0.2) is 99.9 Å². The molecule has 0 saturated heterocycles. The maximum atomic E-state index is 12.8.